The van der Waals surface area contributed by atoms with Gasteiger partial charge >= 0.3 is 0 Å². The van der Waals surface area contributed by atoms with E-state index in [9.17, 15) is 8.42 Å². The van der Waals surface area contributed by atoms with Gasteiger partial charge in [0.2, 0.25) is 16.0 Å². The van der Waals surface area contributed by atoms with Crippen molar-refractivity contribution in [1.82, 2.24) is 19.6 Å². The van der Waals surface area contributed by atoms with Crippen molar-refractivity contribution in [3.63, 3.8) is 0 Å². The molecule has 1 saturated heterocycles. The molecule has 1 aromatic carbocycles. The van der Waals surface area contributed by atoms with Crippen molar-refractivity contribution in [3.05, 3.63) is 71.8 Å². The Kier molecular flexibility index (Phi) is 9.47. The lowest BCUT2D eigenvalue weighted by molar-refractivity contribution is 0.313. The Morgan fingerprint density at radius 1 is 1.14 bits per heavy atom. The van der Waals surface area contributed by atoms with E-state index in [0.29, 0.717) is 18.3 Å². The summed E-state index contributed by atoms with van der Waals surface area (Å²) in [5.74, 6) is 1.20. The Balaban J connectivity index is 1.58. The molecule has 0 bridgehead atoms. The van der Waals surface area contributed by atoms with Crippen LogP contribution in [0.25, 0.3) is 0 Å². The maximum Gasteiger partial charge on any atom is 0.241 e. The highest BCUT2D eigenvalue weighted by atomic mass is 32.2. The van der Waals surface area contributed by atoms with Crippen LogP contribution < -0.4 is 20.3 Å². The summed E-state index contributed by atoms with van der Waals surface area (Å²) in [5.41, 5.74) is 2.46. The monoisotopic (exact) mass is 525 g/mol. The molecule has 2 heterocycles. The number of likely N-dealkylation sites (N-methyl/N-ethyl adjacent to an activating group) is 1. The smallest absolute Gasteiger partial charge is 0.241 e. The molecule has 0 atom stereocenters. The molecular formula is C27H39N7O2S. The third kappa shape index (κ3) is 8.70. The highest BCUT2D eigenvalue weighted by molar-refractivity contribution is 7.93. The average Bonchev–Trinajstić information content (AvgIpc) is 2.82. The van der Waals surface area contributed by atoms with Crippen LogP contribution in [0.3, 0.4) is 0 Å². The van der Waals surface area contributed by atoms with Crippen molar-refractivity contribution < 1.29 is 8.42 Å². The summed E-state index contributed by atoms with van der Waals surface area (Å²) in [6.07, 6.45) is 8.12. The van der Waals surface area contributed by atoms with Crippen LogP contribution in [0.4, 0.5) is 23.1 Å². The van der Waals surface area contributed by atoms with Crippen molar-refractivity contribution in [2.24, 2.45) is 0 Å². The zero-order valence-electron chi connectivity index (χ0n) is 22.5. The number of nitrogens with zero attached hydrogens (tertiary/aromatic N) is 4. The first-order valence-electron chi connectivity index (χ1n) is 12.4. The molecule has 2 aromatic rings. The first kappa shape index (κ1) is 28.4. The number of allylic oxidation sites excluding steroid dienone is 3. The lowest BCUT2D eigenvalue weighted by Crippen LogP contribution is -2.44. The van der Waals surface area contributed by atoms with Gasteiger partial charge in [-0.15, -0.1) is 0 Å². The third-order valence-electron chi connectivity index (χ3n) is 5.70. The number of sulfonamides is 1. The van der Waals surface area contributed by atoms with Crippen LogP contribution in [0, 0.1) is 6.92 Å². The van der Waals surface area contributed by atoms with Crippen molar-refractivity contribution in [1.29, 1.82) is 0 Å². The van der Waals surface area contributed by atoms with Crippen molar-refractivity contribution in [3.8, 4) is 0 Å². The molecule has 0 spiro atoms. The number of aryl methyl sites for hydroxylation is 1. The summed E-state index contributed by atoms with van der Waals surface area (Å²) < 4.78 is 27.6. The average molecular weight is 526 g/mol. The van der Waals surface area contributed by atoms with Crippen molar-refractivity contribution in [2.75, 3.05) is 55.3 Å². The maximum atomic E-state index is 12.5. The molecular weight excluding hydrogens is 486 g/mol. The van der Waals surface area contributed by atoms with Crippen LogP contribution >= 0.6 is 0 Å². The van der Waals surface area contributed by atoms with Gasteiger partial charge in [0.1, 0.15) is 5.82 Å². The van der Waals surface area contributed by atoms with Gasteiger partial charge in [-0.2, -0.15) is 4.98 Å². The van der Waals surface area contributed by atoms with Gasteiger partial charge in [0, 0.05) is 61.4 Å². The topological polar surface area (TPSA) is 102 Å². The van der Waals surface area contributed by atoms with Gasteiger partial charge in [-0.3, -0.25) is 0 Å². The van der Waals surface area contributed by atoms with Crippen LogP contribution in [0.2, 0.25) is 0 Å². The standard InChI is InChI=1S/C27H39N7O2S/c1-7-24(37(35,36)32-27(3,4)5)10-8-9-15-28-25-21(2)20-29-26(31-25)30-22-11-13-23(14-12-22)34-18-16-33(6)17-19-34/h7-14,20,32H,1,15-19H2,2-6H3,(H2,28,29,30,31)/b9-8-,24-10+. The predicted octanol–water partition coefficient (Wildman–Crippen LogP) is 4.04. The van der Waals surface area contributed by atoms with Crippen LogP contribution in [-0.4, -0.2) is 68.6 Å². The zero-order valence-corrected chi connectivity index (χ0v) is 23.3. The molecule has 200 valence electrons. The van der Waals surface area contributed by atoms with Crippen LogP contribution in [-0.2, 0) is 10.0 Å². The van der Waals surface area contributed by atoms with Gasteiger partial charge in [0.05, 0.1) is 4.91 Å². The van der Waals surface area contributed by atoms with E-state index in [1.165, 1.54) is 17.8 Å². The van der Waals surface area contributed by atoms with E-state index in [0.717, 1.165) is 37.4 Å². The molecule has 1 fully saturated rings. The lowest BCUT2D eigenvalue weighted by Gasteiger charge is -2.34. The van der Waals surface area contributed by atoms with Gasteiger partial charge in [0.15, 0.2) is 0 Å². The van der Waals surface area contributed by atoms with Crippen LogP contribution in [0.5, 0.6) is 0 Å². The number of anilines is 4. The predicted molar refractivity (Wildman–Crippen MR) is 154 cm³/mol. The van der Waals surface area contributed by atoms with Crippen LogP contribution in [0.15, 0.2) is 66.3 Å². The molecule has 1 aliphatic heterocycles. The second-order valence-corrected chi connectivity index (χ2v) is 11.8. The fourth-order valence-corrected chi connectivity index (χ4v) is 5.15. The largest absolute Gasteiger partial charge is 0.369 e. The molecule has 9 nitrogen and oxygen atoms in total. The minimum atomic E-state index is -3.64. The lowest BCUT2D eigenvalue weighted by atomic mass is 10.1. The normalized spacial score (nSPS) is 15.7. The molecule has 0 saturated carbocycles. The molecule has 1 aliphatic rings. The number of rotatable bonds is 10. The Hall–Kier alpha value is -3.21. The minimum absolute atomic E-state index is 0.113. The van der Waals surface area contributed by atoms with E-state index in [1.807, 2.05) is 25.1 Å². The summed E-state index contributed by atoms with van der Waals surface area (Å²) in [6, 6.07) is 8.32. The quantitative estimate of drug-likeness (QED) is 0.400. The number of aromatic nitrogens is 2. The molecule has 37 heavy (non-hydrogen) atoms. The van der Waals surface area contributed by atoms with Crippen molar-refractivity contribution >= 4 is 33.2 Å². The van der Waals surface area contributed by atoms with E-state index in [4.69, 9.17) is 0 Å². The Morgan fingerprint density at radius 2 is 1.81 bits per heavy atom. The van der Waals surface area contributed by atoms with E-state index in [1.54, 1.807) is 33.0 Å². The molecule has 10 heteroatoms. The number of hydrogen-bond donors (Lipinski definition) is 3. The second kappa shape index (κ2) is 12.4. The van der Waals surface area contributed by atoms with Gasteiger partial charge in [0.25, 0.3) is 0 Å². The van der Waals surface area contributed by atoms with E-state index in [2.05, 4.69) is 60.9 Å². The van der Waals surface area contributed by atoms with E-state index < -0.39 is 15.6 Å². The second-order valence-electron chi connectivity index (χ2n) is 10.1. The molecule has 0 radical (unpaired) electrons. The summed E-state index contributed by atoms with van der Waals surface area (Å²) in [4.78, 5) is 13.8. The molecule has 3 rings (SSSR count). The highest BCUT2D eigenvalue weighted by Crippen LogP contribution is 2.22. The molecule has 0 unspecified atom stereocenters. The minimum Gasteiger partial charge on any atom is -0.369 e. The van der Waals surface area contributed by atoms with Gasteiger partial charge in [-0.25, -0.2) is 18.1 Å². The molecule has 1 aromatic heterocycles. The number of nitrogens with one attached hydrogen (secondary N) is 3. The zero-order chi connectivity index (χ0) is 27.1. The highest BCUT2D eigenvalue weighted by Gasteiger charge is 2.22. The Morgan fingerprint density at radius 3 is 2.43 bits per heavy atom. The molecule has 3 N–H and O–H groups in total. The summed E-state index contributed by atoms with van der Waals surface area (Å²) >= 11 is 0. The SMILES string of the molecule is C=C/C(=C\C=C/CNc1nc(Nc2ccc(N3CCN(C)CC3)cc2)ncc1C)S(=O)(=O)NC(C)(C)C. The first-order valence-corrected chi connectivity index (χ1v) is 13.9. The third-order valence-corrected chi connectivity index (χ3v) is 7.50. The maximum absolute atomic E-state index is 12.5. The fourth-order valence-electron chi connectivity index (χ4n) is 3.75. The molecule has 0 amide bonds. The fraction of sp³-hybridized carbons (Fsp3) is 0.407. The summed E-state index contributed by atoms with van der Waals surface area (Å²) in [7, 11) is -1.48. The Bertz CT molecular complexity index is 1220. The molecule has 0 aliphatic carbocycles. The van der Waals surface area contributed by atoms with Gasteiger partial charge in [-0.1, -0.05) is 18.7 Å². The van der Waals surface area contributed by atoms with Crippen LogP contribution in [0.1, 0.15) is 26.3 Å². The summed E-state index contributed by atoms with van der Waals surface area (Å²) in [5, 5.41) is 6.52. The van der Waals surface area contributed by atoms with Crippen molar-refractivity contribution in [2.45, 2.75) is 33.2 Å². The Labute approximate surface area is 221 Å². The van der Waals surface area contributed by atoms with E-state index in [-0.39, 0.29) is 4.91 Å². The van der Waals surface area contributed by atoms with Gasteiger partial charge < -0.3 is 20.4 Å². The first-order chi connectivity index (χ1) is 17.5. The number of piperazine rings is 1. The van der Waals surface area contributed by atoms with E-state index >= 15 is 0 Å². The number of benzene rings is 1. The van der Waals surface area contributed by atoms with Gasteiger partial charge in [-0.05, 0) is 71.2 Å². The number of hydrogen-bond acceptors (Lipinski definition) is 8. The summed E-state index contributed by atoms with van der Waals surface area (Å²) in [6.45, 7) is 15.6.